The number of ether oxygens (including phenoxy) is 1. The predicted octanol–water partition coefficient (Wildman–Crippen LogP) is 4.19. The van der Waals surface area contributed by atoms with Crippen molar-refractivity contribution in [2.24, 2.45) is 0 Å². The van der Waals surface area contributed by atoms with E-state index in [9.17, 15) is 0 Å². The first-order valence-corrected chi connectivity index (χ1v) is 8.27. The molecule has 0 saturated heterocycles. The van der Waals surface area contributed by atoms with Crippen LogP contribution in [0, 0.1) is 6.92 Å². The van der Waals surface area contributed by atoms with Crippen molar-refractivity contribution in [2.75, 3.05) is 24.3 Å². The second-order valence-electron chi connectivity index (χ2n) is 5.74. The zero-order valence-electron chi connectivity index (χ0n) is 14.5. The van der Waals surface area contributed by atoms with Gasteiger partial charge in [0.05, 0.1) is 7.11 Å². The molecule has 2 aromatic carbocycles. The minimum absolute atomic E-state index is 0.626. The molecule has 2 N–H and O–H groups in total. The van der Waals surface area contributed by atoms with Crippen LogP contribution in [-0.2, 0) is 6.42 Å². The van der Waals surface area contributed by atoms with Crippen molar-refractivity contribution in [2.45, 2.75) is 13.3 Å². The Bertz CT molecular complexity index is 821. The summed E-state index contributed by atoms with van der Waals surface area (Å²) in [6, 6.07) is 20.0. The Morgan fingerprint density at radius 3 is 2.60 bits per heavy atom. The first kappa shape index (κ1) is 16.8. The molecule has 0 aliphatic rings. The Morgan fingerprint density at radius 2 is 1.80 bits per heavy atom. The fraction of sp³-hybridized carbons (Fsp3) is 0.200. The molecular formula is C20H22N4O. The van der Waals surface area contributed by atoms with E-state index in [1.807, 2.05) is 43.3 Å². The van der Waals surface area contributed by atoms with Crippen molar-refractivity contribution in [3.05, 3.63) is 71.9 Å². The average molecular weight is 334 g/mol. The van der Waals surface area contributed by atoms with Gasteiger partial charge in [-0.25, -0.2) is 4.98 Å². The number of nitrogens with one attached hydrogen (secondary N) is 2. The van der Waals surface area contributed by atoms with Crippen LogP contribution in [0.2, 0.25) is 0 Å². The third kappa shape index (κ3) is 4.94. The maximum absolute atomic E-state index is 5.25. The molecule has 128 valence electrons. The van der Waals surface area contributed by atoms with Gasteiger partial charge in [0.2, 0.25) is 5.95 Å². The van der Waals surface area contributed by atoms with E-state index in [0.717, 1.165) is 35.9 Å². The number of aryl methyl sites for hydroxylation is 1. The van der Waals surface area contributed by atoms with Crippen LogP contribution in [0.3, 0.4) is 0 Å². The number of nitrogens with zero attached hydrogens (tertiary/aromatic N) is 2. The topological polar surface area (TPSA) is 59.1 Å². The molecule has 0 bridgehead atoms. The van der Waals surface area contributed by atoms with Crippen molar-refractivity contribution in [3.63, 3.8) is 0 Å². The Labute approximate surface area is 148 Å². The molecule has 0 atom stereocenters. The molecule has 0 spiro atoms. The Hall–Kier alpha value is -3.08. The summed E-state index contributed by atoms with van der Waals surface area (Å²) in [6.07, 6.45) is 0.927. The van der Waals surface area contributed by atoms with E-state index in [2.05, 4.69) is 44.9 Å². The second kappa shape index (κ2) is 8.15. The van der Waals surface area contributed by atoms with Crippen molar-refractivity contribution < 1.29 is 4.74 Å². The molecule has 5 nitrogen and oxygen atoms in total. The van der Waals surface area contributed by atoms with E-state index in [0.29, 0.717) is 5.95 Å². The first-order chi connectivity index (χ1) is 12.2. The third-order valence-corrected chi connectivity index (χ3v) is 3.74. The number of rotatable bonds is 7. The number of aromatic nitrogens is 2. The Kier molecular flexibility index (Phi) is 5.46. The minimum atomic E-state index is 0.626. The molecule has 0 unspecified atom stereocenters. The lowest BCUT2D eigenvalue weighted by Crippen LogP contribution is -2.09. The lowest BCUT2D eigenvalue weighted by molar-refractivity contribution is 0.415. The maximum atomic E-state index is 5.25. The molecular weight excluding hydrogens is 312 g/mol. The molecule has 0 saturated carbocycles. The highest BCUT2D eigenvalue weighted by atomic mass is 16.5. The number of anilines is 3. The summed E-state index contributed by atoms with van der Waals surface area (Å²) in [5.74, 6) is 2.18. The Balaban J connectivity index is 1.65. The van der Waals surface area contributed by atoms with E-state index in [4.69, 9.17) is 4.74 Å². The van der Waals surface area contributed by atoms with Gasteiger partial charge in [-0.05, 0) is 31.0 Å². The van der Waals surface area contributed by atoms with Crippen molar-refractivity contribution in [1.82, 2.24) is 9.97 Å². The van der Waals surface area contributed by atoms with Crippen LogP contribution in [0.25, 0.3) is 0 Å². The summed E-state index contributed by atoms with van der Waals surface area (Å²) in [7, 11) is 1.66. The van der Waals surface area contributed by atoms with Gasteiger partial charge in [0.25, 0.3) is 0 Å². The van der Waals surface area contributed by atoms with Crippen LogP contribution in [0.4, 0.5) is 17.5 Å². The summed E-state index contributed by atoms with van der Waals surface area (Å²) >= 11 is 0. The molecule has 0 aliphatic carbocycles. The van der Waals surface area contributed by atoms with E-state index < -0.39 is 0 Å². The van der Waals surface area contributed by atoms with Gasteiger partial charge in [0.1, 0.15) is 11.6 Å². The summed E-state index contributed by atoms with van der Waals surface area (Å²) in [5, 5.41) is 6.59. The van der Waals surface area contributed by atoms with Gasteiger partial charge in [0.15, 0.2) is 0 Å². The van der Waals surface area contributed by atoms with Gasteiger partial charge in [-0.1, -0.05) is 36.4 Å². The van der Waals surface area contributed by atoms with Crippen LogP contribution in [0.1, 0.15) is 11.3 Å². The fourth-order valence-corrected chi connectivity index (χ4v) is 2.52. The molecule has 25 heavy (non-hydrogen) atoms. The van der Waals surface area contributed by atoms with Gasteiger partial charge in [-0.15, -0.1) is 0 Å². The summed E-state index contributed by atoms with van der Waals surface area (Å²) < 4.78 is 5.25. The summed E-state index contributed by atoms with van der Waals surface area (Å²) in [4.78, 5) is 8.99. The normalized spacial score (nSPS) is 10.3. The molecule has 0 fully saturated rings. The van der Waals surface area contributed by atoms with Crippen molar-refractivity contribution in [3.8, 4) is 5.75 Å². The Morgan fingerprint density at radius 1 is 0.960 bits per heavy atom. The van der Waals surface area contributed by atoms with Gasteiger partial charge >= 0.3 is 0 Å². The van der Waals surface area contributed by atoms with Gasteiger partial charge in [-0.2, -0.15) is 4.98 Å². The monoisotopic (exact) mass is 334 g/mol. The van der Waals surface area contributed by atoms with Crippen LogP contribution in [-0.4, -0.2) is 23.6 Å². The zero-order valence-corrected chi connectivity index (χ0v) is 14.5. The third-order valence-electron chi connectivity index (χ3n) is 3.74. The smallest absolute Gasteiger partial charge is 0.224 e. The first-order valence-electron chi connectivity index (χ1n) is 8.27. The lowest BCUT2D eigenvalue weighted by Gasteiger charge is -2.11. The number of hydrogen-bond acceptors (Lipinski definition) is 5. The minimum Gasteiger partial charge on any atom is -0.497 e. The number of hydrogen-bond donors (Lipinski definition) is 2. The average Bonchev–Trinajstić information content (AvgIpc) is 2.62. The maximum Gasteiger partial charge on any atom is 0.224 e. The molecule has 0 amide bonds. The second-order valence-corrected chi connectivity index (χ2v) is 5.74. The van der Waals surface area contributed by atoms with E-state index >= 15 is 0 Å². The van der Waals surface area contributed by atoms with Crippen molar-refractivity contribution in [1.29, 1.82) is 0 Å². The largest absolute Gasteiger partial charge is 0.497 e. The van der Waals surface area contributed by atoms with Crippen LogP contribution < -0.4 is 15.4 Å². The summed E-state index contributed by atoms with van der Waals surface area (Å²) in [6.45, 7) is 2.74. The van der Waals surface area contributed by atoms with Crippen LogP contribution >= 0.6 is 0 Å². The van der Waals surface area contributed by atoms with Gasteiger partial charge in [0, 0.05) is 30.1 Å². The number of benzene rings is 2. The molecule has 1 aromatic heterocycles. The zero-order chi connectivity index (χ0) is 17.5. The fourth-order valence-electron chi connectivity index (χ4n) is 2.52. The molecule has 3 aromatic rings. The highest BCUT2D eigenvalue weighted by molar-refractivity contribution is 5.59. The van der Waals surface area contributed by atoms with Gasteiger partial charge in [-0.3, -0.25) is 0 Å². The lowest BCUT2D eigenvalue weighted by atomic mass is 10.1. The molecule has 5 heteroatoms. The SMILES string of the molecule is COc1cccc(Nc2cc(C)nc(NCCc3ccccc3)n2)c1. The molecule has 0 radical (unpaired) electrons. The van der Waals surface area contributed by atoms with Crippen LogP contribution in [0.5, 0.6) is 5.75 Å². The highest BCUT2D eigenvalue weighted by Crippen LogP contribution is 2.21. The molecule has 3 rings (SSSR count). The molecule has 0 aliphatic heterocycles. The summed E-state index contributed by atoms with van der Waals surface area (Å²) in [5.41, 5.74) is 3.12. The van der Waals surface area contributed by atoms with Crippen LogP contribution in [0.15, 0.2) is 60.7 Å². The predicted molar refractivity (Wildman–Crippen MR) is 102 cm³/mol. The van der Waals surface area contributed by atoms with Gasteiger partial charge < -0.3 is 15.4 Å². The quantitative estimate of drug-likeness (QED) is 0.678. The van der Waals surface area contributed by atoms with E-state index in [1.165, 1.54) is 5.56 Å². The van der Waals surface area contributed by atoms with E-state index in [-0.39, 0.29) is 0 Å². The number of methoxy groups -OCH3 is 1. The van der Waals surface area contributed by atoms with E-state index in [1.54, 1.807) is 7.11 Å². The highest BCUT2D eigenvalue weighted by Gasteiger charge is 2.04. The van der Waals surface area contributed by atoms with Crippen molar-refractivity contribution >= 4 is 17.5 Å². The molecule has 1 heterocycles. The standard InChI is InChI=1S/C20H22N4O/c1-15-13-19(23-17-9-6-10-18(14-17)25-2)24-20(22-15)21-12-11-16-7-4-3-5-8-16/h3-10,13-14H,11-12H2,1-2H3,(H2,21,22,23,24).